The van der Waals surface area contributed by atoms with Crippen molar-refractivity contribution in [1.29, 1.82) is 0 Å². The smallest absolute Gasteiger partial charge is 0.194 e. The Labute approximate surface area is 232 Å². The number of aliphatic hydroxyl groups is 3. The molecule has 0 radical (unpaired) electrons. The van der Waals surface area contributed by atoms with Crippen LogP contribution in [0, 0.1) is 24.4 Å². The lowest BCUT2D eigenvalue weighted by atomic mass is 9.92. The molecule has 0 saturated carbocycles. The van der Waals surface area contributed by atoms with Crippen molar-refractivity contribution in [3.05, 3.63) is 70.1 Å². The third kappa shape index (κ3) is 4.44. The van der Waals surface area contributed by atoms with Gasteiger partial charge in [-0.25, -0.2) is 22.8 Å². The minimum absolute atomic E-state index is 0.0493. The monoisotopic (exact) mass is 593 g/mol. The molecule has 5 aromatic rings. The number of thiazole rings is 1. The number of hydrogen-bond acceptors (Lipinski definition) is 10. The van der Waals surface area contributed by atoms with E-state index in [0.29, 0.717) is 16.2 Å². The van der Waals surface area contributed by atoms with Gasteiger partial charge in [0.25, 0.3) is 0 Å². The zero-order valence-corrected chi connectivity index (χ0v) is 21.9. The molecule has 1 aliphatic rings. The van der Waals surface area contributed by atoms with Crippen LogP contribution in [0.5, 0.6) is 0 Å². The first-order valence-corrected chi connectivity index (χ1v) is 13.0. The van der Waals surface area contributed by atoms with Gasteiger partial charge < -0.3 is 20.1 Å². The van der Waals surface area contributed by atoms with Crippen molar-refractivity contribution < 1.29 is 33.2 Å². The van der Waals surface area contributed by atoms with Crippen molar-refractivity contribution in [2.24, 2.45) is 0 Å². The van der Waals surface area contributed by atoms with Crippen LogP contribution < -0.4 is 0 Å². The molecule has 11 nitrogen and oxygen atoms in total. The van der Waals surface area contributed by atoms with Gasteiger partial charge in [0.05, 0.1) is 33.2 Å². The van der Waals surface area contributed by atoms with Crippen molar-refractivity contribution in [2.75, 3.05) is 6.61 Å². The standard InChI is InChI=1S/C24H19ClF3N7O4S/c1-9-30-19-12(25)4-11(5-17(19)40-9)34-8-29-32-24(34)23-22(38)20(21(37)16(7-36)39-23)35-6-15(31-33-35)10-2-13(26)18(28)14(27)3-10/h2-6,8,16,20-23,36-38H,7H2,1H3/t16-,20+,21+,22-,23-/m1/s1. The highest BCUT2D eigenvalue weighted by molar-refractivity contribution is 7.18. The summed E-state index contributed by atoms with van der Waals surface area (Å²) in [6, 6.07) is 3.74. The predicted molar refractivity (Wildman–Crippen MR) is 135 cm³/mol. The van der Waals surface area contributed by atoms with Crippen molar-refractivity contribution in [1.82, 2.24) is 34.7 Å². The highest BCUT2D eigenvalue weighted by atomic mass is 35.5. The molecule has 1 fully saturated rings. The zero-order chi connectivity index (χ0) is 28.3. The quantitative estimate of drug-likeness (QED) is 0.262. The van der Waals surface area contributed by atoms with Gasteiger partial charge in [-0.1, -0.05) is 16.8 Å². The van der Waals surface area contributed by atoms with Crippen LogP contribution >= 0.6 is 22.9 Å². The molecule has 40 heavy (non-hydrogen) atoms. The summed E-state index contributed by atoms with van der Waals surface area (Å²) in [6.07, 6.45) is -2.77. The Morgan fingerprint density at radius 1 is 1.07 bits per heavy atom. The van der Waals surface area contributed by atoms with E-state index in [1.165, 1.54) is 23.9 Å². The third-order valence-corrected chi connectivity index (χ3v) is 7.84. The van der Waals surface area contributed by atoms with Crippen molar-refractivity contribution >= 4 is 33.2 Å². The molecular weight excluding hydrogens is 575 g/mol. The lowest BCUT2D eigenvalue weighted by molar-refractivity contribution is -0.210. The maximum absolute atomic E-state index is 13.8. The lowest BCUT2D eigenvalue weighted by Crippen LogP contribution is -2.53. The minimum Gasteiger partial charge on any atom is -0.394 e. The molecule has 5 atom stereocenters. The molecule has 1 saturated heterocycles. The van der Waals surface area contributed by atoms with E-state index in [4.69, 9.17) is 16.3 Å². The summed E-state index contributed by atoms with van der Waals surface area (Å²) in [5.74, 6) is -4.32. The molecule has 0 unspecified atom stereocenters. The van der Waals surface area contributed by atoms with E-state index < -0.39 is 54.5 Å². The van der Waals surface area contributed by atoms with E-state index in [-0.39, 0.29) is 17.1 Å². The molecule has 0 spiro atoms. The number of aryl methyl sites for hydroxylation is 1. The number of nitrogens with zero attached hydrogens (tertiary/aromatic N) is 7. The van der Waals surface area contributed by atoms with Crippen LogP contribution in [0.4, 0.5) is 13.2 Å². The Bertz CT molecular complexity index is 1710. The first-order chi connectivity index (χ1) is 19.2. The average Bonchev–Trinajstić information content (AvgIpc) is 3.67. The number of ether oxygens (including phenoxy) is 1. The summed E-state index contributed by atoms with van der Waals surface area (Å²) in [5.41, 5.74) is 1.04. The number of benzene rings is 2. The van der Waals surface area contributed by atoms with Gasteiger partial charge in [0.1, 0.15) is 48.0 Å². The molecule has 0 amide bonds. The molecule has 6 rings (SSSR count). The molecule has 0 aliphatic carbocycles. The fourth-order valence-corrected chi connectivity index (χ4v) is 5.95. The first kappa shape index (κ1) is 26.7. The maximum atomic E-state index is 13.8. The van der Waals surface area contributed by atoms with Crippen LogP contribution in [-0.2, 0) is 4.74 Å². The molecule has 3 aromatic heterocycles. The lowest BCUT2D eigenvalue weighted by Gasteiger charge is -2.41. The largest absolute Gasteiger partial charge is 0.394 e. The SMILES string of the molecule is Cc1nc2c(Cl)cc(-n3cnnc3[C@@H]3O[C@H](CO)[C@H](O)[C@H](n4cc(-c5cc(F)c(F)c(F)c5)nn4)[C@H]3O)cc2s1. The van der Waals surface area contributed by atoms with Crippen LogP contribution in [0.15, 0.2) is 36.8 Å². The summed E-state index contributed by atoms with van der Waals surface area (Å²) in [4.78, 5) is 4.42. The van der Waals surface area contributed by atoms with Crippen LogP contribution in [0.25, 0.3) is 27.2 Å². The predicted octanol–water partition coefficient (Wildman–Crippen LogP) is 2.91. The van der Waals surface area contributed by atoms with Gasteiger partial charge >= 0.3 is 0 Å². The van der Waals surface area contributed by atoms with Gasteiger partial charge in [-0.3, -0.25) is 4.57 Å². The van der Waals surface area contributed by atoms with Gasteiger partial charge in [-0.05, 0) is 31.2 Å². The zero-order valence-electron chi connectivity index (χ0n) is 20.4. The second-order valence-corrected chi connectivity index (χ2v) is 10.8. The van der Waals surface area contributed by atoms with Crippen LogP contribution in [0.3, 0.4) is 0 Å². The topological polar surface area (TPSA) is 144 Å². The highest BCUT2D eigenvalue weighted by Crippen LogP contribution is 2.39. The second-order valence-electron chi connectivity index (χ2n) is 9.15. The number of fused-ring (bicyclic) bond motifs is 1. The fourth-order valence-electron chi connectivity index (χ4n) is 4.75. The summed E-state index contributed by atoms with van der Waals surface area (Å²) < 4.78 is 50.3. The number of aliphatic hydroxyl groups excluding tert-OH is 3. The molecule has 1 aliphatic heterocycles. The van der Waals surface area contributed by atoms with Gasteiger partial charge in [0.2, 0.25) is 0 Å². The van der Waals surface area contributed by atoms with E-state index in [0.717, 1.165) is 26.5 Å². The average molecular weight is 594 g/mol. The Kier molecular flexibility index (Phi) is 6.80. The number of rotatable bonds is 5. The van der Waals surface area contributed by atoms with E-state index in [1.54, 1.807) is 10.6 Å². The van der Waals surface area contributed by atoms with Crippen molar-refractivity contribution in [3.63, 3.8) is 0 Å². The van der Waals surface area contributed by atoms with Gasteiger partial charge in [-0.15, -0.1) is 26.6 Å². The molecule has 2 aromatic carbocycles. The molecule has 3 N–H and O–H groups in total. The second kappa shape index (κ2) is 10.2. The minimum atomic E-state index is -1.63. The fraction of sp³-hybridized carbons (Fsp3) is 0.292. The number of aromatic nitrogens is 7. The molecule has 0 bridgehead atoms. The Hall–Kier alpha value is -3.47. The van der Waals surface area contributed by atoms with Crippen molar-refractivity contribution in [2.45, 2.75) is 37.4 Å². The van der Waals surface area contributed by atoms with Gasteiger partial charge in [0.15, 0.2) is 23.3 Å². The number of halogens is 4. The van der Waals surface area contributed by atoms with Crippen LogP contribution in [0.1, 0.15) is 23.0 Å². The molecule has 16 heteroatoms. The Morgan fingerprint density at radius 3 is 2.55 bits per heavy atom. The molecule has 4 heterocycles. The van der Waals surface area contributed by atoms with Crippen LogP contribution in [0.2, 0.25) is 5.02 Å². The van der Waals surface area contributed by atoms with E-state index >= 15 is 0 Å². The first-order valence-electron chi connectivity index (χ1n) is 11.8. The van der Waals surface area contributed by atoms with Crippen LogP contribution in [-0.4, -0.2) is 75.0 Å². The van der Waals surface area contributed by atoms with E-state index in [1.807, 2.05) is 13.0 Å². The molecular formula is C24H19ClF3N7O4S. The maximum Gasteiger partial charge on any atom is 0.194 e. The van der Waals surface area contributed by atoms with E-state index in [2.05, 4.69) is 25.5 Å². The normalized spacial score (nSPS) is 23.2. The third-order valence-electron chi connectivity index (χ3n) is 6.63. The van der Waals surface area contributed by atoms with Gasteiger partial charge in [-0.2, -0.15) is 0 Å². The summed E-state index contributed by atoms with van der Waals surface area (Å²) >= 11 is 7.91. The Morgan fingerprint density at radius 2 is 1.82 bits per heavy atom. The summed E-state index contributed by atoms with van der Waals surface area (Å²) in [7, 11) is 0. The van der Waals surface area contributed by atoms with Crippen molar-refractivity contribution in [3.8, 4) is 16.9 Å². The summed E-state index contributed by atoms with van der Waals surface area (Å²) in [5, 5.41) is 49.4. The van der Waals surface area contributed by atoms with Gasteiger partial charge in [0, 0.05) is 5.56 Å². The van der Waals surface area contributed by atoms with E-state index in [9.17, 15) is 28.5 Å². The number of hydrogen-bond donors (Lipinski definition) is 3. The summed E-state index contributed by atoms with van der Waals surface area (Å²) in [6.45, 7) is 1.24. The highest BCUT2D eigenvalue weighted by Gasteiger charge is 2.48. The molecule has 208 valence electrons. The Balaban J connectivity index is 1.38.